The molecule has 0 radical (unpaired) electrons. The molecule has 2 fully saturated rings. The fraction of sp³-hybridized carbons (Fsp3) is 0.556. The number of hydrogen-bond acceptors (Lipinski definition) is 5. The van der Waals surface area contributed by atoms with Crippen molar-refractivity contribution in [3.63, 3.8) is 0 Å². The van der Waals surface area contributed by atoms with Crippen LogP contribution < -0.4 is 0 Å². The summed E-state index contributed by atoms with van der Waals surface area (Å²) in [5, 5.41) is 9.96. The summed E-state index contributed by atoms with van der Waals surface area (Å²) in [5.41, 5.74) is 0. The number of carbonyl (C=O) groups excluding carboxylic acids is 1. The number of hydrogen-bond donors (Lipinski definition) is 1. The van der Waals surface area contributed by atoms with Crippen molar-refractivity contribution in [2.24, 2.45) is 5.92 Å². The Morgan fingerprint density at radius 1 is 1.12 bits per heavy atom. The summed E-state index contributed by atoms with van der Waals surface area (Å²) >= 11 is 0. The van der Waals surface area contributed by atoms with Crippen molar-refractivity contribution < 1.29 is 23.1 Å². The number of carbonyl (C=O) groups is 2. The minimum Gasteiger partial charge on any atom is -0.480 e. The highest BCUT2D eigenvalue weighted by Crippen LogP contribution is 2.46. The molecular formula is C18H24N2O5S. The first kappa shape index (κ1) is 18.8. The first-order valence-electron chi connectivity index (χ1n) is 8.81. The number of carboxylic acid groups (broad SMARTS) is 1. The number of benzene rings is 1. The van der Waals surface area contributed by atoms with Gasteiger partial charge in [-0.2, -0.15) is 0 Å². The second-order valence-corrected chi connectivity index (χ2v) is 9.29. The van der Waals surface area contributed by atoms with Gasteiger partial charge in [-0.15, -0.1) is 0 Å². The Balaban J connectivity index is 2.00. The highest BCUT2D eigenvalue weighted by molar-refractivity contribution is 7.93. The smallest absolute Gasteiger partial charge is 0.326 e. The molecule has 0 unspecified atom stereocenters. The summed E-state index contributed by atoms with van der Waals surface area (Å²) in [7, 11) is -2.24. The van der Waals surface area contributed by atoms with Crippen molar-refractivity contribution in [2.45, 2.75) is 28.9 Å². The van der Waals surface area contributed by atoms with Gasteiger partial charge in [-0.05, 0) is 32.0 Å². The molecule has 1 aromatic rings. The lowest BCUT2D eigenvalue weighted by molar-refractivity contribution is -0.148. The summed E-state index contributed by atoms with van der Waals surface area (Å²) in [6.45, 7) is 2.38. The minimum atomic E-state index is -4.20. The molecule has 1 saturated carbocycles. The number of carboxylic acids is 1. The van der Waals surface area contributed by atoms with Crippen LogP contribution in [-0.2, 0) is 19.4 Å². The van der Waals surface area contributed by atoms with Gasteiger partial charge in [-0.25, -0.2) is 8.42 Å². The van der Waals surface area contributed by atoms with Crippen LogP contribution >= 0.6 is 0 Å². The molecule has 7 nitrogen and oxygen atoms in total. The molecule has 0 bridgehead atoms. The SMILES string of the molecule is CN1CCN(C(=O)[C@H]2CCC[C@@]2(C(=O)O)S(=O)(=O)c2ccccc2)CC1. The van der Waals surface area contributed by atoms with Crippen molar-refractivity contribution in [3.8, 4) is 0 Å². The fourth-order valence-corrected chi connectivity index (χ4v) is 6.22. The maximum absolute atomic E-state index is 13.3. The topological polar surface area (TPSA) is 95.0 Å². The third-order valence-corrected chi connectivity index (χ3v) is 8.13. The van der Waals surface area contributed by atoms with E-state index in [1.54, 1.807) is 23.1 Å². The van der Waals surface area contributed by atoms with Gasteiger partial charge in [0.2, 0.25) is 5.91 Å². The molecule has 1 N–H and O–H groups in total. The van der Waals surface area contributed by atoms with Gasteiger partial charge in [0.05, 0.1) is 10.8 Å². The Morgan fingerprint density at radius 2 is 1.73 bits per heavy atom. The van der Waals surface area contributed by atoms with E-state index in [-0.39, 0.29) is 23.6 Å². The number of rotatable bonds is 4. The van der Waals surface area contributed by atoms with Crippen LogP contribution in [0.1, 0.15) is 19.3 Å². The van der Waals surface area contributed by atoms with Gasteiger partial charge < -0.3 is 14.9 Å². The van der Waals surface area contributed by atoms with Crippen LogP contribution in [0.4, 0.5) is 0 Å². The van der Waals surface area contributed by atoms with Crippen LogP contribution in [0.5, 0.6) is 0 Å². The Bertz CT molecular complexity index is 787. The molecule has 8 heteroatoms. The predicted octanol–water partition coefficient (Wildman–Crippen LogP) is 0.858. The Morgan fingerprint density at radius 3 is 2.31 bits per heavy atom. The molecule has 1 amide bonds. The molecule has 2 aliphatic rings. The molecular weight excluding hydrogens is 356 g/mol. The maximum Gasteiger partial charge on any atom is 0.326 e. The first-order chi connectivity index (χ1) is 12.3. The molecule has 0 aromatic heterocycles. The van der Waals surface area contributed by atoms with Crippen LogP contribution in [0.25, 0.3) is 0 Å². The van der Waals surface area contributed by atoms with Gasteiger partial charge in [0.25, 0.3) is 0 Å². The number of amides is 1. The second kappa shape index (κ2) is 7.00. The zero-order valence-corrected chi connectivity index (χ0v) is 15.6. The lowest BCUT2D eigenvalue weighted by Crippen LogP contribution is -2.57. The number of aliphatic carboxylic acids is 1. The monoisotopic (exact) mass is 380 g/mol. The summed E-state index contributed by atoms with van der Waals surface area (Å²) < 4.78 is 24.5. The van der Waals surface area contributed by atoms with Crippen LogP contribution in [-0.4, -0.2) is 73.2 Å². The van der Waals surface area contributed by atoms with E-state index in [1.807, 2.05) is 7.05 Å². The summed E-state index contributed by atoms with van der Waals surface area (Å²) in [5.74, 6) is -2.82. The van der Waals surface area contributed by atoms with E-state index in [2.05, 4.69) is 4.90 Å². The van der Waals surface area contributed by atoms with E-state index in [4.69, 9.17) is 0 Å². The number of nitrogens with zero attached hydrogens (tertiary/aromatic N) is 2. The molecule has 1 heterocycles. The Labute approximate surface area is 153 Å². The molecule has 2 atom stereocenters. The van der Waals surface area contributed by atoms with Gasteiger partial charge >= 0.3 is 5.97 Å². The average molecular weight is 380 g/mol. The lowest BCUT2D eigenvalue weighted by atomic mass is 9.93. The second-order valence-electron chi connectivity index (χ2n) is 7.08. The van der Waals surface area contributed by atoms with Crippen LogP contribution in [0.3, 0.4) is 0 Å². The Hall–Kier alpha value is -1.93. The first-order valence-corrected chi connectivity index (χ1v) is 10.3. The zero-order valence-electron chi connectivity index (χ0n) is 14.8. The third kappa shape index (κ3) is 2.91. The molecule has 26 heavy (non-hydrogen) atoms. The largest absolute Gasteiger partial charge is 0.480 e. The maximum atomic E-state index is 13.3. The van der Waals surface area contributed by atoms with Crippen LogP contribution in [0, 0.1) is 5.92 Å². The van der Waals surface area contributed by atoms with E-state index >= 15 is 0 Å². The molecule has 3 rings (SSSR count). The third-order valence-electron chi connectivity index (χ3n) is 5.61. The lowest BCUT2D eigenvalue weighted by Gasteiger charge is -2.37. The van der Waals surface area contributed by atoms with E-state index in [0.717, 1.165) is 0 Å². The van der Waals surface area contributed by atoms with E-state index in [0.29, 0.717) is 32.6 Å². The van der Waals surface area contributed by atoms with E-state index < -0.39 is 26.5 Å². The summed E-state index contributed by atoms with van der Waals surface area (Å²) in [6.07, 6.45) is 0.649. The van der Waals surface area contributed by atoms with Gasteiger partial charge in [0.1, 0.15) is 0 Å². The van der Waals surface area contributed by atoms with Crippen LogP contribution in [0.15, 0.2) is 35.2 Å². The number of sulfone groups is 1. The van der Waals surface area contributed by atoms with Crippen molar-refractivity contribution in [2.75, 3.05) is 33.2 Å². The highest BCUT2D eigenvalue weighted by atomic mass is 32.2. The average Bonchev–Trinajstić information content (AvgIpc) is 3.09. The molecule has 1 aliphatic heterocycles. The zero-order chi connectivity index (χ0) is 18.9. The molecule has 0 spiro atoms. The van der Waals surface area contributed by atoms with Gasteiger partial charge in [-0.1, -0.05) is 24.6 Å². The fourth-order valence-electron chi connectivity index (χ4n) is 4.05. The predicted molar refractivity (Wildman–Crippen MR) is 95.4 cm³/mol. The van der Waals surface area contributed by atoms with Crippen LogP contribution in [0.2, 0.25) is 0 Å². The molecule has 1 aromatic carbocycles. The molecule has 1 saturated heterocycles. The van der Waals surface area contributed by atoms with Gasteiger partial charge in [-0.3, -0.25) is 9.59 Å². The standard InChI is InChI=1S/C18H24N2O5S/c1-19-10-12-20(13-11-19)16(21)15-8-5-9-18(15,17(22)23)26(24,25)14-6-3-2-4-7-14/h2-4,6-7,15H,5,8-13H2,1H3,(H,22,23)/t15-,18-/m1/s1. The molecule has 1 aliphatic carbocycles. The van der Waals surface area contributed by atoms with Crippen molar-refractivity contribution in [1.82, 2.24) is 9.80 Å². The highest BCUT2D eigenvalue weighted by Gasteiger charge is 2.62. The minimum absolute atomic E-state index is 0.0380. The number of likely N-dealkylation sites (N-methyl/N-ethyl adjacent to an activating group) is 1. The molecule has 142 valence electrons. The van der Waals surface area contributed by atoms with Gasteiger partial charge in [0, 0.05) is 26.2 Å². The van der Waals surface area contributed by atoms with Gasteiger partial charge in [0.15, 0.2) is 14.6 Å². The van der Waals surface area contributed by atoms with Crippen molar-refractivity contribution in [3.05, 3.63) is 30.3 Å². The summed E-state index contributed by atoms with van der Waals surface area (Å²) in [4.78, 5) is 29.0. The van der Waals surface area contributed by atoms with Crippen molar-refractivity contribution >= 4 is 21.7 Å². The van der Waals surface area contributed by atoms with E-state index in [9.17, 15) is 23.1 Å². The summed E-state index contributed by atoms with van der Waals surface area (Å²) in [6, 6.07) is 7.60. The Kier molecular flexibility index (Phi) is 5.07. The number of piperazine rings is 1. The quantitative estimate of drug-likeness (QED) is 0.832. The normalized spacial score (nSPS) is 27.4. The van der Waals surface area contributed by atoms with Crippen molar-refractivity contribution in [1.29, 1.82) is 0 Å². The van der Waals surface area contributed by atoms with E-state index in [1.165, 1.54) is 12.1 Å².